The number of rotatable bonds is 5. The lowest BCUT2D eigenvalue weighted by molar-refractivity contribution is -0.121. The van der Waals surface area contributed by atoms with Gasteiger partial charge in [0.2, 0.25) is 15.9 Å². The van der Waals surface area contributed by atoms with E-state index in [0.717, 1.165) is 5.56 Å². The predicted molar refractivity (Wildman–Crippen MR) is 82.3 cm³/mol. The summed E-state index contributed by atoms with van der Waals surface area (Å²) in [6.45, 7) is 2.64. The molecule has 6 heteroatoms. The molecule has 0 bridgehead atoms. The average molecular weight is 310 g/mol. The molecule has 1 amide bonds. The minimum Gasteiger partial charge on any atom is -0.353 e. The van der Waals surface area contributed by atoms with Gasteiger partial charge in [-0.3, -0.25) is 4.79 Å². The third-order valence-electron chi connectivity index (χ3n) is 3.78. The normalized spacial score (nSPS) is 17.6. The number of nitrogens with one attached hydrogen (secondary N) is 1. The van der Waals surface area contributed by atoms with Crippen molar-refractivity contribution < 1.29 is 13.2 Å². The molecule has 5 nitrogen and oxygen atoms in total. The van der Waals surface area contributed by atoms with Crippen LogP contribution in [0.2, 0.25) is 0 Å². The maximum Gasteiger partial charge on any atom is 0.224 e. The Morgan fingerprint density at radius 1 is 1.24 bits per heavy atom. The lowest BCUT2D eigenvalue weighted by Gasteiger charge is -2.31. The SMILES string of the molecule is CCS(=O)(=O)N1CCC(NC(=O)Cc2ccccc2)CC1. The Balaban J connectivity index is 1.80. The summed E-state index contributed by atoms with van der Waals surface area (Å²) in [4.78, 5) is 12.0. The van der Waals surface area contributed by atoms with E-state index in [1.54, 1.807) is 6.92 Å². The Morgan fingerprint density at radius 3 is 2.43 bits per heavy atom. The van der Waals surface area contributed by atoms with Crippen molar-refractivity contribution in [2.75, 3.05) is 18.8 Å². The van der Waals surface area contributed by atoms with Gasteiger partial charge in [-0.2, -0.15) is 0 Å². The lowest BCUT2D eigenvalue weighted by Crippen LogP contribution is -2.47. The van der Waals surface area contributed by atoms with Gasteiger partial charge in [-0.05, 0) is 25.3 Å². The van der Waals surface area contributed by atoms with E-state index < -0.39 is 10.0 Å². The number of benzene rings is 1. The summed E-state index contributed by atoms with van der Waals surface area (Å²) in [5.41, 5.74) is 0.987. The molecule has 0 unspecified atom stereocenters. The van der Waals surface area contributed by atoms with Gasteiger partial charge in [0.1, 0.15) is 0 Å². The second kappa shape index (κ2) is 7.04. The number of hydrogen-bond donors (Lipinski definition) is 1. The number of sulfonamides is 1. The van der Waals surface area contributed by atoms with Crippen LogP contribution in [0.3, 0.4) is 0 Å². The lowest BCUT2D eigenvalue weighted by atomic mass is 10.1. The number of carbonyl (C=O) groups excluding carboxylic acids is 1. The molecule has 1 heterocycles. The van der Waals surface area contributed by atoms with Gasteiger partial charge < -0.3 is 5.32 Å². The molecule has 1 aliphatic heterocycles. The smallest absolute Gasteiger partial charge is 0.224 e. The van der Waals surface area contributed by atoms with E-state index in [2.05, 4.69) is 5.32 Å². The van der Waals surface area contributed by atoms with E-state index in [4.69, 9.17) is 0 Å². The number of piperidine rings is 1. The Bertz CT molecular complexity index is 564. The fourth-order valence-electron chi connectivity index (χ4n) is 2.52. The van der Waals surface area contributed by atoms with Crippen LogP contribution in [0.1, 0.15) is 25.3 Å². The van der Waals surface area contributed by atoms with Gasteiger partial charge in [-0.1, -0.05) is 30.3 Å². The molecule has 1 fully saturated rings. The van der Waals surface area contributed by atoms with Gasteiger partial charge in [0, 0.05) is 19.1 Å². The van der Waals surface area contributed by atoms with Crippen LogP contribution >= 0.6 is 0 Å². The van der Waals surface area contributed by atoms with Crippen LogP contribution < -0.4 is 5.32 Å². The summed E-state index contributed by atoms with van der Waals surface area (Å²) in [5.74, 6) is 0.135. The Hall–Kier alpha value is -1.40. The van der Waals surface area contributed by atoms with Crippen LogP contribution in [0.4, 0.5) is 0 Å². The second-order valence-corrected chi connectivity index (χ2v) is 7.56. The van der Waals surface area contributed by atoms with Crippen LogP contribution in [0.15, 0.2) is 30.3 Å². The van der Waals surface area contributed by atoms with E-state index in [0.29, 0.717) is 32.4 Å². The van der Waals surface area contributed by atoms with Crippen molar-refractivity contribution in [3.63, 3.8) is 0 Å². The fourth-order valence-corrected chi connectivity index (χ4v) is 3.65. The average Bonchev–Trinajstić information content (AvgIpc) is 2.48. The first-order valence-electron chi connectivity index (χ1n) is 7.32. The molecule has 2 rings (SSSR count). The van der Waals surface area contributed by atoms with E-state index in [1.165, 1.54) is 4.31 Å². The molecular formula is C15H22N2O3S. The zero-order chi connectivity index (χ0) is 15.3. The molecule has 0 aliphatic carbocycles. The number of carbonyl (C=O) groups is 1. The van der Waals surface area contributed by atoms with Gasteiger partial charge >= 0.3 is 0 Å². The van der Waals surface area contributed by atoms with Crippen molar-refractivity contribution in [2.24, 2.45) is 0 Å². The predicted octanol–water partition coefficient (Wildman–Crippen LogP) is 1.16. The Kier molecular flexibility index (Phi) is 5.36. The summed E-state index contributed by atoms with van der Waals surface area (Å²) in [5, 5.41) is 3.00. The zero-order valence-electron chi connectivity index (χ0n) is 12.3. The van der Waals surface area contributed by atoms with Crippen LogP contribution in [-0.4, -0.2) is 43.5 Å². The van der Waals surface area contributed by atoms with Crippen LogP contribution in [0.5, 0.6) is 0 Å². The van der Waals surface area contributed by atoms with Crippen molar-refractivity contribution in [1.29, 1.82) is 0 Å². The molecule has 21 heavy (non-hydrogen) atoms. The molecule has 0 saturated carbocycles. The van der Waals surface area contributed by atoms with Gasteiger partial charge in [0.05, 0.1) is 12.2 Å². The quantitative estimate of drug-likeness (QED) is 0.887. The highest BCUT2D eigenvalue weighted by atomic mass is 32.2. The van der Waals surface area contributed by atoms with Crippen molar-refractivity contribution in [3.8, 4) is 0 Å². The third-order valence-corrected chi connectivity index (χ3v) is 5.67. The maximum absolute atomic E-state index is 12.0. The number of amides is 1. The highest BCUT2D eigenvalue weighted by Gasteiger charge is 2.27. The summed E-state index contributed by atoms with van der Waals surface area (Å²) >= 11 is 0. The molecule has 0 atom stereocenters. The van der Waals surface area contributed by atoms with Crippen molar-refractivity contribution in [1.82, 2.24) is 9.62 Å². The molecule has 1 aromatic rings. The van der Waals surface area contributed by atoms with E-state index in [9.17, 15) is 13.2 Å². The van der Waals surface area contributed by atoms with E-state index in [1.807, 2.05) is 30.3 Å². The van der Waals surface area contributed by atoms with Crippen LogP contribution in [0, 0.1) is 0 Å². The van der Waals surface area contributed by atoms with Crippen LogP contribution in [-0.2, 0) is 21.2 Å². The molecule has 0 aromatic heterocycles. The topological polar surface area (TPSA) is 66.5 Å². The van der Waals surface area contributed by atoms with Gasteiger partial charge in [0.25, 0.3) is 0 Å². The minimum absolute atomic E-state index is 0.00185. The van der Waals surface area contributed by atoms with Gasteiger partial charge in [-0.15, -0.1) is 0 Å². The molecule has 0 radical (unpaired) electrons. The second-order valence-electron chi connectivity index (χ2n) is 5.30. The van der Waals surface area contributed by atoms with Gasteiger partial charge in [-0.25, -0.2) is 12.7 Å². The summed E-state index contributed by atoms with van der Waals surface area (Å²) < 4.78 is 25.0. The van der Waals surface area contributed by atoms with Crippen LogP contribution in [0.25, 0.3) is 0 Å². The number of nitrogens with zero attached hydrogens (tertiary/aromatic N) is 1. The molecular weight excluding hydrogens is 288 g/mol. The standard InChI is InChI=1S/C15H22N2O3S/c1-2-21(19,20)17-10-8-14(9-11-17)16-15(18)12-13-6-4-3-5-7-13/h3-7,14H,2,8-12H2,1H3,(H,16,18). The first-order chi connectivity index (χ1) is 10.0. The maximum atomic E-state index is 12.0. The third kappa shape index (κ3) is 4.54. The number of hydrogen-bond acceptors (Lipinski definition) is 3. The molecule has 1 aliphatic rings. The highest BCUT2D eigenvalue weighted by molar-refractivity contribution is 7.89. The fraction of sp³-hybridized carbons (Fsp3) is 0.533. The minimum atomic E-state index is -3.10. The Labute approximate surface area is 126 Å². The first kappa shape index (κ1) is 16.0. The molecule has 1 saturated heterocycles. The summed E-state index contributed by atoms with van der Waals surface area (Å²) in [7, 11) is -3.10. The van der Waals surface area contributed by atoms with Crippen molar-refractivity contribution in [2.45, 2.75) is 32.2 Å². The Morgan fingerprint density at radius 2 is 1.86 bits per heavy atom. The van der Waals surface area contributed by atoms with Crippen molar-refractivity contribution in [3.05, 3.63) is 35.9 Å². The van der Waals surface area contributed by atoms with Gasteiger partial charge in [0.15, 0.2) is 0 Å². The van der Waals surface area contributed by atoms with E-state index >= 15 is 0 Å². The van der Waals surface area contributed by atoms with Crippen molar-refractivity contribution >= 4 is 15.9 Å². The van der Waals surface area contributed by atoms with E-state index in [-0.39, 0.29) is 17.7 Å². The summed E-state index contributed by atoms with van der Waals surface area (Å²) in [6, 6.07) is 9.68. The monoisotopic (exact) mass is 310 g/mol. The molecule has 1 N–H and O–H groups in total. The highest BCUT2D eigenvalue weighted by Crippen LogP contribution is 2.14. The first-order valence-corrected chi connectivity index (χ1v) is 8.93. The zero-order valence-corrected chi connectivity index (χ0v) is 13.1. The molecule has 1 aromatic carbocycles. The molecule has 116 valence electrons. The molecule has 0 spiro atoms. The largest absolute Gasteiger partial charge is 0.353 e. The summed E-state index contributed by atoms with van der Waals surface area (Å²) in [6.07, 6.45) is 1.73.